The molecule has 10 heterocycles. The summed E-state index contributed by atoms with van der Waals surface area (Å²) in [6.45, 7) is 18.2. The number of aromatic nitrogens is 5. The Morgan fingerprint density at radius 3 is 2.48 bits per heavy atom. The van der Waals surface area contributed by atoms with Gasteiger partial charge in [0, 0.05) is 80.8 Å². The molecule has 9 atom stereocenters. The van der Waals surface area contributed by atoms with Gasteiger partial charge in [0.2, 0.25) is 11.8 Å². The van der Waals surface area contributed by atoms with Crippen LogP contribution in [-0.2, 0) is 20.7 Å². The molecule has 0 radical (unpaired) electrons. The predicted octanol–water partition coefficient (Wildman–Crippen LogP) is 10.3. The number of likely N-dealkylation sites (tertiary alicyclic amines) is 1. The summed E-state index contributed by atoms with van der Waals surface area (Å²) < 4.78 is 36.3. The highest BCUT2D eigenvalue weighted by Gasteiger charge is 2.51. The predicted molar refractivity (Wildman–Crippen MR) is 333 cm³/mol. The fourth-order valence-electron chi connectivity index (χ4n) is 15.1. The minimum atomic E-state index is -0.651. The van der Waals surface area contributed by atoms with E-state index < -0.39 is 17.8 Å². The number of nitrogens with one attached hydrogen (secondary N) is 2. The SMILES string of the molecule is CCc1cccc2cc(O)cc(-c3ncc4c(N5CC6CCC(C5)N6)nc(OC[C@]56CCCN5[C@H](COC(=O)N5C[C@H](C)N(c7cc(C(C(=O)N8CCC[C@H]8C(=O)N[C@@H](C)c8ccc(-c9scnc9C)cc8)C(C)C)on7)C[C@H]5C)CC6)nc4c3F)c12. The Hall–Kier alpha value is -7.49. The van der Waals surface area contributed by atoms with Gasteiger partial charge in [0.1, 0.15) is 48.0 Å². The van der Waals surface area contributed by atoms with Crippen LogP contribution in [-0.4, -0.2) is 157 Å². The summed E-state index contributed by atoms with van der Waals surface area (Å²) >= 11 is 1.60. The summed E-state index contributed by atoms with van der Waals surface area (Å²) in [5.41, 5.74) is 6.32. The molecule has 6 aliphatic rings. The number of rotatable bonds is 16. The second-order valence-corrected chi connectivity index (χ2v) is 26.5. The molecule has 19 nitrogen and oxygen atoms in total. The lowest BCUT2D eigenvalue weighted by atomic mass is 9.91. The Morgan fingerprint density at radius 2 is 1.72 bits per heavy atom. The molecule has 4 aromatic heterocycles. The van der Waals surface area contributed by atoms with Crippen LogP contribution in [0.3, 0.4) is 0 Å². The van der Waals surface area contributed by atoms with Crippen LogP contribution in [0.5, 0.6) is 11.8 Å². The smallest absolute Gasteiger partial charge is 0.410 e. The van der Waals surface area contributed by atoms with Gasteiger partial charge in [0.15, 0.2) is 17.4 Å². The first kappa shape index (κ1) is 58.5. The van der Waals surface area contributed by atoms with E-state index in [2.05, 4.69) is 54.5 Å². The van der Waals surface area contributed by atoms with E-state index in [9.17, 15) is 19.5 Å². The molecule has 3 amide bonds. The Bertz CT molecular complexity index is 3720. The van der Waals surface area contributed by atoms with Crippen molar-refractivity contribution >= 4 is 62.6 Å². The Kier molecular flexibility index (Phi) is 16.1. The van der Waals surface area contributed by atoms with Crippen molar-refractivity contribution in [2.75, 3.05) is 62.3 Å². The van der Waals surface area contributed by atoms with Crippen LogP contribution in [0.2, 0.25) is 0 Å². The van der Waals surface area contributed by atoms with E-state index >= 15 is 4.39 Å². The van der Waals surface area contributed by atoms with Gasteiger partial charge in [-0.1, -0.05) is 68.4 Å². The number of halogens is 1. The minimum Gasteiger partial charge on any atom is -0.508 e. The largest absolute Gasteiger partial charge is 0.508 e. The molecule has 21 heteroatoms. The lowest BCUT2D eigenvalue weighted by Gasteiger charge is -2.43. The third kappa shape index (κ3) is 11.1. The van der Waals surface area contributed by atoms with E-state index in [4.69, 9.17) is 28.9 Å². The highest BCUT2D eigenvalue weighted by Crippen LogP contribution is 2.45. The normalized spacial score (nSPS) is 24.6. The molecule has 87 heavy (non-hydrogen) atoms. The van der Waals surface area contributed by atoms with E-state index in [0.717, 1.165) is 109 Å². The van der Waals surface area contributed by atoms with Crippen molar-refractivity contribution < 1.29 is 37.9 Å². The van der Waals surface area contributed by atoms with Crippen LogP contribution in [0.1, 0.15) is 127 Å². The van der Waals surface area contributed by atoms with Crippen LogP contribution in [0, 0.1) is 18.7 Å². The number of hydrogen-bond acceptors (Lipinski definition) is 17. The van der Waals surface area contributed by atoms with Crippen molar-refractivity contribution in [1.29, 1.82) is 0 Å². The Balaban J connectivity index is 0.647. The maximum atomic E-state index is 17.4. The number of carbonyl (C=O) groups is 3. The number of aromatic hydroxyl groups is 1. The molecule has 6 aliphatic heterocycles. The van der Waals surface area contributed by atoms with Crippen LogP contribution >= 0.6 is 11.3 Å². The number of phenols is 1. The molecule has 3 N–H and O–H groups in total. The van der Waals surface area contributed by atoms with Crippen molar-refractivity contribution in [2.45, 2.75) is 160 Å². The summed E-state index contributed by atoms with van der Waals surface area (Å²) in [6.07, 6.45) is 8.93. The standard InChI is InChI=1S/C66H79FN12O7S/c1-8-42-12-9-13-45-26-49(80)27-50(56(42)45)58-57(67)59-51(29-68-58)61(75-32-46-19-20-47(33-75)71-46)73-64(72-59)85-35-66-22-11-25-79(66)48(21-23-66)34-84-65(83)78-31-38(4)77(30-39(78)5)54-28-53(86-74-54)55(37(2)3)63(82)76-24-10-14-52(76)62(81)70-40(6)43-15-17-44(18-16-43)60-41(7)69-36-87-60/h9,12-13,15-18,26-29,36-40,46-48,52,55,71,80H,8,10-11,14,19-25,30-35H2,1-7H3,(H,70,81)/t38-,39+,40-,46?,47?,48-,52-,55?,66+/m0/s1. The number of pyridine rings is 1. The van der Waals surface area contributed by atoms with Crippen LogP contribution in [0.25, 0.3) is 43.4 Å². The molecule has 0 spiro atoms. The zero-order valence-electron chi connectivity index (χ0n) is 50.8. The number of hydrogen-bond donors (Lipinski definition) is 3. The van der Waals surface area contributed by atoms with Crippen LogP contribution < -0.4 is 25.2 Å². The highest BCUT2D eigenvalue weighted by molar-refractivity contribution is 7.13. The second kappa shape index (κ2) is 23.9. The third-order valence-electron chi connectivity index (χ3n) is 19.6. The van der Waals surface area contributed by atoms with Gasteiger partial charge in [-0.2, -0.15) is 9.97 Å². The van der Waals surface area contributed by atoms with E-state index in [-0.39, 0.29) is 83.1 Å². The van der Waals surface area contributed by atoms with Crippen molar-refractivity contribution in [1.82, 2.24) is 50.4 Å². The quantitative estimate of drug-likeness (QED) is 0.0822. The number of benzene rings is 3. The first-order valence-electron chi connectivity index (χ1n) is 31.3. The monoisotopic (exact) mass is 1200 g/mol. The van der Waals surface area contributed by atoms with Gasteiger partial charge in [-0.05, 0) is 138 Å². The van der Waals surface area contributed by atoms with Crippen molar-refractivity contribution in [3.63, 3.8) is 0 Å². The van der Waals surface area contributed by atoms with Crippen LogP contribution in [0.4, 0.5) is 20.8 Å². The lowest BCUT2D eigenvalue weighted by molar-refractivity contribution is -0.141. The fraction of sp³-hybridized carbons (Fsp3) is 0.515. The molecular formula is C66H79FN12O7S. The molecule has 6 fully saturated rings. The van der Waals surface area contributed by atoms with Gasteiger partial charge in [-0.25, -0.2) is 14.2 Å². The molecule has 3 unspecified atom stereocenters. The average Bonchev–Trinajstić information content (AvgIpc) is 1.81. The summed E-state index contributed by atoms with van der Waals surface area (Å²) in [5.74, 6) is -0.0428. The number of aryl methyl sites for hydroxylation is 2. The molecule has 3 aromatic carbocycles. The van der Waals surface area contributed by atoms with E-state index in [1.54, 1.807) is 39.5 Å². The first-order valence-corrected chi connectivity index (χ1v) is 32.2. The summed E-state index contributed by atoms with van der Waals surface area (Å²) in [5, 5.41) is 24.4. The number of amides is 3. The van der Waals surface area contributed by atoms with Crippen molar-refractivity contribution in [2.24, 2.45) is 5.92 Å². The zero-order valence-corrected chi connectivity index (χ0v) is 51.6. The maximum absolute atomic E-state index is 17.4. The zero-order chi connectivity index (χ0) is 60.4. The second-order valence-electron chi connectivity index (χ2n) is 25.6. The van der Waals surface area contributed by atoms with E-state index in [0.29, 0.717) is 73.1 Å². The Labute approximate surface area is 511 Å². The molecular weight excluding hydrogens is 1120 g/mol. The molecule has 0 saturated carbocycles. The minimum absolute atomic E-state index is 0.0174. The number of fused-ring (bicyclic) bond motifs is 5. The number of anilines is 2. The summed E-state index contributed by atoms with van der Waals surface area (Å²) in [6, 6.07) is 18.7. The van der Waals surface area contributed by atoms with E-state index in [1.807, 2.05) is 83.5 Å². The topological polar surface area (TPSA) is 208 Å². The average molecular weight is 1200 g/mol. The molecule has 6 saturated heterocycles. The van der Waals surface area contributed by atoms with Gasteiger partial charge in [0.05, 0.1) is 33.0 Å². The number of thiazole rings is 1. The summed E-state index contributed by atoms with van der Waals surface area (Å²) in [7, 11) is 0. The molecule has 458 valence electrons. The van der Waals surface area contributed by atoms with Gasteiger partial charge in [-0.3, -0.25) is 19.5 Å². The van der Waals surface area contributed by atoms with Gasteiger partial charge in [-0.15, -0.1) is 11.3 Å². The number of ether oxygens (including phenoxy) is 2. The number of phenolic OH excluding ortho intramolecular Hbond substituents is 1. The van der Waals surface area contributed by atoms with Gasteiger partial charge < -0.3 is 49.3 Å². The fourth-order valence-corrected chi connectivity index (χ4v) is 15.9. The molecule has 0 aliphatic carbocycles. The molecule has 13 rings (SSSR count). The molecule has 2 bridgehead atoms. The van der Waals surface area contributed by atoms with E-state index in [1.165, 1.54) is 0 Å². The third-order valence-corrected chi connectivity index (χ3v) is 20.6. The van der Waals surface area contributed by atoms with Crippen molar-refractivity contribution in [3.8, 4) is 33.5 Å². The number of nitrogens with zero attached hydrogens (tertiary/aromatic N) is 10. The Morgan fingerprint density at radius 1 is 0.920 bits per heavy atom. The molecule has 7 aromatic rings. The number of piperazine rings is 2. The van der Waals surface area contributed by atoms with Gasteiger partial charge in [0.25, 0.3) is 0 Å². The maximum Gasteiger partial charge on any atom is 0.410 e. The highest BCUT2D eigenvalue weighted by atomic mass is 32.1. The lowest BCUT2D eigenvalue weighted by Crippen LogP contribution is -2.58. The van der Waals surface area contributed by atoms with Crippen LogP contribution in [0.15, 0.2) is 76.9 Å². The number of carbonyl (C=O) groups excluding carboxylic acids is 3. The summed E-state index contributed by atoms with van der Waals surface area (Å²) in [4.78, 5) is 73.0. The van der Waals surface area contributed by atoms with Crippen molar-refractivity contribution in [3.05, 3.63) is 101 Å². The van der Waals surface area contributed by atoms with Gasteiger partial charge >= 0.3 is 12.1 Å². The first-order chi connectivity index (χ1) is 42.0.